The molecule has 0 aromatic heterocycles. The molecule has 0 bridgehead atoms. The number of amides is 3. The highest BCUT2D eigenvalue weighted by Crippen LogP contribution is 2.32. The molecule has 0 radical (unpaired) electrons. The van der Waals surface area contributed by atoms with Crippen molar-refractivity contribution in [1.82, 2.24) is 10.3 Å². The van der Waals surface area contributed by atoms with Crippen LogP contribution in [0.2, 0.25) is 5.02 Å². The van der Waals surface area contributed by atoms with E-state index in [-0.39, 0.29) is 10.6 Å². The summed E-state index contributed by atoms with van der Waals surface area (Å²) in [6, 6.07) is 1.49. The minimum Gasteiger partial charge on any atom is -0.502 e. The number of hydrazone groups is 1. The number of nitrogens with zero attached hydrogens (tertiary/aromatic N) is 3. The maximum atomic E-state index is 12.1. The largest absolute Gasteiger partial charge is 0.502 e. The van der Waals surface area contributed by atoms with Crippen LogP contribution in [0.3, 0.4) is 0 Å². The number of carbonyl (C=O) groups excluding carboxylic acids is 2. The van der Waals surface area contributed by atoms with Crippen LogP contribution in [0.25, 0.3) is 0 Å². The number of nitro groups is 1. The molecule has 0 unspecified atom stereocenters. The summed E-state index contributed by atoms with van der Waals surface area (Å²) in [4.78, 5) is 34.0. The van der Waals surface area contributed by atoms with Gasteiger partial charge in [-0.25, -0.2) is 4.79 Å². The second-order valence-corrected chi connectivity index (χ2v) is 5.53. The zero-order valence-corrected chi connectivity index (χ0v) is 13.0. The Morgan fingerprint density at radius 2 is 2.17 bits per heavy atom. The molecule has 0 saturated carbocycles. The first kappa shape index (κ1) is 16.7. The normalized spacial score (nSPS) is 21.1. The first-order chi connectivity index (χ1) is 10.7. The molecule has 3 amide bonds. The van der Waals surface area contributed by atoms with Crippen LogP contribution in [0.5, 0.6) is 5.75 Å². The highest BCUT2D eigenvalue weighted by Gasteiger charge is 2.46. The highest BCUT2D eigenvalue weighted by atomic mass is 35.5. The van der Waals surface area contributed by atoms with Gasteiger partial charge >= 0.3 is 11.7 Å². The molecule has 0 aliphatic carbocycles. The van der Waals surface area contributed by atoms with Crippen LogP contribution < -0.4 is 5.32 Å². The minimum absolute atomic E-state index is 0.00606. The van der Waals surface area contributed by atoms with Gasteiger partial charge in [0.25, 0.3) is 5.91 Å². The van der Waals surface area contributed by atoms with E-state index in [4.69, 9.17) is 11.6 Å². The number of hydrogen-bond acceptors (Lipinski definition) is 6. The predicted octanol–water partition coefficient (Wildman–Crippen LogP) is 2.01. The molecule has 9 nitrogen and oxygen atoms in total. The van der Waals surface area contributed by atoms with Crippen molar-refractivity contribution >= 4 is 35.4 Å². The molecule has 1 atom stereocenters. The Bertz CT molecular complexity index is 735. The first-order valence-electron chi connectivity index (χ1n) is 6.57. The molecule has 23 heavy (non-hydrogen) atoms. The predicted molar refractivity (Wildman–Crippen MR) is 81.4 cm³/mol. The lowest BCUT2D eigenvalue weighted by atomic mass is 10.00. The molecule has 0 spiro atoms. The molecule has 10 heteroatoms. The van der Waals surface area contributed by atoms with Gasteiger partial charge in [-0.1, -0.05) is 18.5 Å². The fourth-order valence-electron chi connectivity index (χ4n) is 1.98. The number of imide groups is 1. The van der Waals surface area contributed by atoms with E-state index in [0.717, 1.165) is 12.3 Å². The lowest BCUT2D eigenvalue weighted by Crippen LogP contribution is -2.42. The van der Waals surface area contributed by atoms with Crippen LogP contribution >= 0.6 is 11.6 Å². The monoisotopic (exact) mass is 340 g/mol. The van der Waals surface area contributed by atoms with Crippen molar-refractivity contribution in [3.8, 4) is 5.75 Å². The van der Waals surface area contributed by atoms with Crippen LogP contribution in [0.1, 0.15) is 25.8 Å². The maximum Gasteiger partial charge on any atom is 0.346 e. The summed E-state index contributed by atoms with van der Waals surface area (Å²) < 4.78 is 0. The number of hydrogen-bond donors (Lipinski definition) is 2. The van der Waals surface area contributed by atoms with E-state index in [1.165, 1.54) is 6.07 Å². The van der Waals surface area contributed by atoms with Gasteiger partial charge < -0.3 is 10.4 Å². The lowest BCUT2D eigenvalue weighted by molar-refractivity contribution is -0.385. The van der Waals surface area contributed by atoms with Gasteiger partial charge in [0.05, 0.1) is 11.1 Å². The van der Waals surface area contributed by atoms with Gasteiger partial charge in [-0.15, -0.1) is 5.01 Å². The number of nitrogens with one attached hydrogen (secondary N) is 1. The smallest absolute Gasteiger partial charge is 0.346 e. The minimum atomic E-state index is -1.06. The third-order valence-electron chi connectivity index (χ3n) is 3.54. The molecule has 122 valence electrons. The molecule has 1 aliphatic rings. The summed E-state index contributed by atoms with van der Waals surface area (Å²) in [6.45, 7) is 3.29. The average molecular weight is 341 g/mol. The molecular weight excluding hydrogens is 328 g/mol. The van der Waals surface area contributed by atoms with Crippen molar-refractivity contribution in [2.75, 3.05) is 0 Å². The van der Waals surface area contributed by atoms with Crippen molar-refractivity contribution in [3.05, 3.63) is 32.8 Å². The number of rotatable bonds is 4. The van der Waals surface area contributed by atoms with Gasteiger partial charge in [-0.2, -0.15) is 5.10 Å². The fraction of sp³-hybridized carbons (Fsp3) is 0.308. The summed E-state index contributed by atoms with van der Waals surface area (Å²) in [5.74, 6) is -1.22. The van der Waals surface area contributed by atoms with Gasteiger partial charge in [0.15, 0.2) is 0 Å². The molecule has 1 saturated heterocycles. The molecule has 1 aromatic rings. The van der Waals surface area contributed by atoms with Gasteiger partial charge in [0.1, 0.15) is 5.54 Å². The van der Waals surface area contributed by atoms with Gasteiger partial charge in [0, 0.05) is 16.7 Å². The third-order valence-corrected chi connectivity index (χ3v) is 3.76. The van der Waals surface area contributed by atoms with Crippen molar-refractivity contribution in [2.24, 2.45) is 5.10 Å². The van der Waals surface area contributed by atoms with Crippen LogP contribution in [0, 0.1) is 10.1 Å². The van der Waals surface area contributed by atoms with E-state index in [1.807, 2.05) is 0 Å². The Kier molecular flexibility index (Phi) is 4.24. The van der Waals surface area contributed by atoms with Crippen molar-refractivity contribution < 1.29 is 19.6 Å². The van der Waals surface area contributed by atoms with Crippen LogP contribution in [0.4, 0.5) is 10.5 Å². The number of aromatic hydroxyl groups is 1. The van der Waals surface area contributed by atoms with Crippen molar-refractivity contribution in [3.63, 3.8) is 0 Å². The maximum absolute atomic E-state index is 12.1. The van der Waals surface area contributed by atoms with Crippen LogP contribution in [-0.2, 0) is 4.79 Å². The summed E-state index contributed by atoms with van der Waals surface area (Å²) in [5, 5.41) is 27.5. The Morgan fingerprint density at radius 1 is 1.52 bits per heavy atom. The highest BCUT2D eigenvalue weighted by molar-refractivity contribution is 6.31. The number of phenols is 1. The zero-order chi connectivity index (χ0) is 17.4. The summed E-state index contributed by atoms with van der Waals surface area (Å²) in [5.41, 5.74) is -1.75. The van der Waals surface area contributed by atoms with E-state index in [2.05, 4.69) is 10.4 Å². The molecular formula is C13H13ClN4O5. The number of carbonyl (C=O) groups is 2. The molecule has 1 aliphatic heterocycles. The molecule has 1 heterocycles. The average Bonchev–Trinajstić information content (AvgIpc) is 2.70. The van der Waals surface area contributed by atoms with E-state index >= 15 is 0 Å². The fourth-order valence-corrected chi connectivity index (χ4v) is 2.20. The van der Waals surface area contributed by atoms with E-state index in [9.17, 15) is 24.8 Å². The zero-order valence-electron chi connectivity index (χ0n) is 12.2. The Balaban J connectivity index is 2.36. The Labute approximate surface area is 135 Å². The van der Waals surface area contributed by atoms with E-state index in [1.54, 1.807) is 13.8 Å². The third kappa shape index (κ3) is 2.95. The van der Waals surface area contributed by atoms with Gasteiger partial charge in [0.2, 0.25) is 5.75 Å². The van der Waals surface area contributed by atoms with Crippen LogP contribution in [0.15, 0.2) is 17.2 Å². The number of halogens is 1. The molecule has 1 aromatic carbocycles. The molecule has 2 N–H and O–H groups in total. The Hall–Kier alpha value is -2.68. The second kappa shape index (κ2) is 5.84. The number of urea groups is 1. The summed E-state index contributed by atoms with van der Waals surface area (Å²) >= 11 is 5.75. The van der Waals surface area contributed by atoms with Crippen LogP contribution in [-0.4, -0.2) is 38.7 Å². The number of nitro benzene ring substituents is 1. The van der Waals surface area contributed by atoms with Crippen molar-refractivity contribution in [2.45, 2.75) is 25.8 Å². The second-order valence-electron chi connectivity index (χ2n) is 5.10. The van der Waals surface area contributed by atoms with E-state index in [0.29, 0.717) is 11.4 Å². The van der Waals surface area contributed by atoms with Gasteiger partial charge in [-0.3, -0.25) is 14.9 Å². The lowest BCUT2D eigenvalue weighted by Gasteiger charge is -2.17. The number of phenolic OH excluding ortho intramolecular Hbond substituents is 1. The first-order valence-corrected chi connectivity index (χ1v) is 6.95. The quantitative estimate of drug-likeness (QED) is 0.375. The standard InChI is InChI=1S/C13H13ClN4O5/c1-3-13(2)11(20)17(12(21)16-13)15-6-7-4-8(14)5-9(10(7)19)18(22)23/h4-6,19H,3H2,1-2H3,(H,16,21)/b15-6+/t13-/m0/s1. The summed E-state index contributed by atoms with van der Waals surface area (Å²) in [7, 11) is 0. The summed E-state index contributed by atoms with van der Waals surface area (Å²) in [6.07, 6.45) is 1.34. The molecule has 1 fully saturated rings. The SMILES string of the molecule is CC[C@]1(C)NC(=O)N(/N=C/c2cc(Cl)cc([N+](=O)[O-])c2O)C1=O. The van der Waals surface area contributed by atoms with Crippen molar-refractivity contribution in [1.29, 1.82) is 0 Å². The topological polar surface area (TPSA) is 125 Å². The Morgan fingerprint density at radius 3 is 2.70 bits per heavy atom. The van der Waals surface area contributed by atoms with E-state index < -0.39 is 33.8 Å². The number of benzene rings is 1. The van der Waals surface area contributed by atoms with Gasteiger partial charge in [-0.05, 0) is 19.4 Å². The molecule has 2 rings (SSSR count).